The quantitative estimate of drug-likeness (QED) is 0.779. The van der Waals surface area contributed by atoms with Crippen LogP contribution in [0.3, 0.4) is 0 Å². The monoisotopic (exact) mass is 304 g/mol. The minimum atomic E-state index is 0.0183. The number of anilines is 2. The fourth-order valence-electron chi connectivity index (χ4n) is 3.13. The summed E-state index contributed by atoms with van der Waals surface area (Å²) in [5.74, 6) is 0. The molecule has 3 aromatic rings. The zero-order chi connectivity index (χ0) is 16.0. The molecule has 2 heterocycles. The van der Waals surface area contributed by atoms with Crippen LogP contribution in [-0.4, -0.2) is 23.9 Å². The fraction of sp³-hybridized carbons (Fsp3) is 0.211. The number of nitrogens with one attached hydrogen (secondary N) is 1. The van der Waals surface area contributed by atoms with E-state index in [1.807, 2.05) is 6.92 Å². The molecule has 1 N–H and O–H groups in total. The summed E-state index contributed by atoms with van der Waals surface area (Å²) in [6, 6.07) is 19.2. The lowest BCUT2D eigenvalue weighted by Gasteiger charge is -2.29. The summed E-state index contributed by atoms with van der Waals surface area (Å²) in [7, 11) is 4.11. The second-order valence-corrected chi connectivity index (χ2v) is 6.19. The maximum atomic E-state index is 4.71. The molecule has 0 fully saturated rings. The fourth-order valence-corrected chi connectivity index (χ4v) is 3.13. The molecule has 4 nitrogen and oxygen atoms in total. The number of hydrogen-bond acceptors (Lipinski definition) is 3. The van der Waals surface area contributed by atoms with Gasteiger partial charge in [0.15, 0.2) is 0 Å². The largest absolute Gasteiger partial charge is 0.378 e. The number of fused-ring (bicyclic) bond motifs is 3. The highest BCUT2D eigenvalue weighted by atomic mass is 15.4. The second kappa shape index (κ2) is 5.16. The van der Waals surface area contributed by atoms with E-state index in [2.05, 4.69) is 83.6 Å². The van der Waals surface area contributed by atoms with Crippen LogP contribution >= 0.6 is 0 Å². The summed E-state index contributed by atoms with van der Waals surface area (Å²) in [5, 5.41) is 8.33. The number of para-hydroxylation sites is 1. The van der Waals surface area contributed by atoms with Gasteiger partial charge >= 0.3 is 0 Å². The van der Waals surface area contributed by atoms with Gasteiger partial charge in [-0.3, -0.25) is 0 Å². The van der Waals surface area contributed by atoms with E-state index >= 15 is 0 Å². The van der Waals surface area contributed by atoms with Crippen LogP contribution in [0.4, 0.5) is 11.4 Å². The molecule has 116 valence electrons. The smallest absolute Gasteiger partial charge is 0.147 e. The van der Waals surface area contributed by atoms with Gasteiger partial charge in [-0.1, -0.05) is 30.3 Å². The summed E-state index contributed by atoms with van der Waals surface area (Å²) in [6.45, 7) is 2.04. The number of aryl methyl sites for hydroxylation is 1. The van der Waals surface area contributed by atoms with Crippen molar-refractivity contribution in [1.29, 1.82) is 0 Å². The van der Waals surface area contributed by atoms with Crippen LogP contribution in [0.15, 0.2) is 54.6 Å². The van der Waals surface area contributed by atoms with E-state index in [1.165, 1.54) is 22.5 Å². The molecule has 1 aliphatic heterocycles. The minimum absolute atomic E-state index is 0.0183. The molecule has 0 saturated heterocycles. The van der Waals surface area contributed by atoms with Crippen molar-refractivity contribution in [2.24, 2.45) is 0 Å². The lowest BCUT2D eigenvalue weighted by atomic mass is 10.0. The van der Waals surface area contributed by atoms with E-state index in [9.17, 15) is 0 Å². The SMILES string of the molecule is Cc1cc2n(n1)[C@H](c1ccc(N(C)C)cc1)Nc1ccccc1-2. The third-order valence-electron chi connectivity index (χ3n) is 4.32. The topological polar surface area (TPSA) is 33.1 Å². The number of aromatic nitrogens is 2. The molecule has 0 aliphatic carbocycles. The number of nitrogens with zero attached hydrogens (tertiary/aromatic N) is 3. The molecular weight excluding hydrogens is 284 g/mol. The van der Waals surface area contributed by atoms with Crippen LogP contribution in [0.25, 0.3) is 11.3 Å². The Bertz CT molecular complexity index is 846. The zero-order valence-corrected chi connectivity index (χ0v) is 13.6. The molecule has 0 radical (unpaired) electrons. The van der Waals surface area contributed by atoms with Gasteiger partial charge in [0.1, 0.15) is 6.17 Å². The van der Waals surface area contributed by atoms with Gasteiger partial charge in [0.25, 0.3) is 0 Å². The Hall–Kier alpha value is -2.75. The molecule has 1 aromatic heterocycles. The number of rotatable bonds is 2. The van der Waals surface area contributed by atoms with Crippen LogP contribution < -0.4 is 10.2 Å². The summed E-state index contributed by atoms with van der Waals surface area (Å²) >= 11 is 0. The molecule has 4 heteroatoms. The standard InChI is InChI=1S/C19H20N4/c1-13-12-18-16-6-4-5-7-17(16)20-19(23(18)21-13)14-8-10-15(11-9-14)22(2)3/h4-12,19-20H,1-3H3/t19-/m1/s1. The maximum Gasteiger partial charge on any atom is 0.147 e. The van der Waals surface area contributed by atoms with E-state index in [0.29, 0.717) is 0 Å². The van der Waals surface area contributed by atoms with Crippen LogP contribution in [0.5, 0.6) is 0 Å². The van der Waals surface area contributed by atoms with Gasteiger partial charge in [0.05, 0.1) is 11.4 Å². The Kier molecular flexibility index (Phi) is 3.11. The van der Waals surface area contributed by atoms with Crippen molar-refractivity contribution in [2.45, 2.75) is 13.1 Å². The molecule has 4 rings (SSSR count). The molecule has 23 heavy (non-hydrogen) atoms. The van der Waals surface area contributed by atoms with Crippen molar-refractivity contribution in [3.8, 4) is 11.3 Å². The van der Waals surface area contributed by atoms with Crippen molar-refractivity contribution < 1.29 is 0 Å². The van der Waals surface area contributed by atoms with Crippen molar-refractivity contribution in [1.82, 2.24) is 9.78 Å². The minimum Gasteiger partial charge on any atom is -0.378 e. The molecule has 0 amide bonds. The Morgan fingerprint density at radius 3 is 2.52 bits per heavy atom. The van der Waals surface area contributed by atoms with Crippen molar-refractivity contribution in [3.63, 3.8) is 0 Å². The molecule has 1 aliphatic rings. The van der Waals surface area contributed by atoms with Crippen molar-refractivity contribution >= 4 is 11.4 Å². The normalized spacial score (nSPS) is 15.5. The van der Waals surface area contributed by atoms with Gasteiger partial charge in [-0.05, 0) is 36.8 Å². The Labute approximate surface area is 136 Å². The second-order valence-electron chi connectivity index (χ2n) is 6.19. The average molecular weight is 304 g/mol. The molecule has 0 bridgehead atoms. The van der Waals surface area contributed by atoms with E-state index in [-0.39, 0.29) is 6.17 Å². The van der Waals surface area contributed by atoms with E-state index in [4.69, 9.17) is 5.10 Å². The molecule has 1 atom stereocenters. The van der Waals surface area contributed by atoms with Gasteiger partial charge in [-0.2, -0.15) is 5.10 Å². The zero-order valence-electron chi connectivity index (χ0n) is 13.6. The number of benzene rings is 2. The predicted molar refractivity (Wildman–Crippen MR) is 94.9 cm³/mol. The molecule has 0 saturated carbocycles. The third kappa shape index (κ3) is 2.27. The first-order valence-corrected chi connectivity index (χ1v) is 7.83. The molecule has 0 spiro atoms. The highest BCUT2D eigenvalue weighted by Gasteiger charge is 2.25. The molecule has 0 unspecified atom stereocenters. The van der Waals surface area contributed by atoms with Crippen LogP contribution in [0.1, 0.15) is 17.4 Å². The predicted octanol–water partition coefficient (Wildman–Crippen LogP) is 3.90. The summed E-state index contributed by atoms with van der Waals surface area (Å²) in [4.78, 5) is 2.11. The van der Waals surface area contributed by atoms with Gasteiger partial charge in [0.2, 0.25) is 0 Å². The summed E-state index contributed by atoms with van der Waals surface area (Å²) < 4.78 is 2.09. The van der Waals surface area contributed by atoms with E-state index in [1.54, 1.807) is 0 Å². The van der Waals surface area contributed by atoms with Gasteiger partial charge in [-0.25, -0.2) is 4.68 Å². The lowest BCUT2D eigenvalue weighted by Crippen LogP contribution is -2.25. The molecular formula is C19H20N4. The summed E-state index contributed by atoms with van der Waals surface area (Å²) in [5.41, 5.74) is 6.96. The van der Waals surface area contributed by atoms with Crippen LogP contribution in [0, 0.1) is 6.92 Å². The van der Waals surface area contributed by atoms with Gasteiger partial charge < -0.3 is 10.2 Å². The third-order valence-corrected chi connectivity index (χ3v) is 4.32. The Morgan fingerprint density at radius 2 is 1.78 bits per heavy atom. The first-order chi connectivity index (χ1) is 11.1. The molecule has 2 aromatic carbocycles. The van der Waals surface area contributed by atoms with Gasteiger partial charge in [0, 0.05) is 31.0 Å². The lowest BCUT2D eigenvalue weighted by molar-refractivity contribution is 0.571. The Balaban J connectivity index is 1.81. The van der Waals surface area contributed by atoms with Crippen LogP contribution in [0.2, 0.25) is 0 Å². The van der Waals surface area contributed by atoms with Crippen molar-refractivity contribution in [2.75, 3.05) is 24.3 Å². The Morgan fingerprint density at radius 1 is 1.04 bits per heavy atom. The van der Waals surface area contributed by atoms with Crippen molar-refractivity contribution in [3.05, 3.63) is 65.9 Å². The average Bonchev–Trinajstić information content (AvgIpc) is 2.96. The van der Waals surface area contributed by atoms with Crippen LogP contribution in [-0.2, 0) is 0 Å². The number of hydrogen-bond donors (Lipinski definition) is 1. The van der Waals surface area contributed by atoms with E-state index in [0.717, 1.165) is 11.4 Å². The highest BCUT2D eigenvalue weighted by Crippen LogP contribution is 2.38. The summed E-state index contributed by atoms with van der Waals surface area (Å²) in [6.07, 6.45) is 0.0183. The maximum absolute atomic E-state index is 4.71. The highest BCUT2D eigenvalue weighted by molar-refractivity contribution is 5.78. The van der Waals surface area contributed by atoms with E-state index < -0.39 is 0 Å². The first kappa shape index (κ1) is 13.9. The first-order valence-electron chi connectivity index (χ1n) is 7.83. The van der Waals surface area contributed by atoms with Gasteiger partial charge in [-0.15, -0.1) is 0 Å².